The summed E-state index contributed by atoms with van der Waals surface area (Å²) in [5.41, 5.74) is 2.99. The number of hydrogen-bond acceptors (Lipinski definition) is 7. The van der Waals surface area contributed by atoms with Crippen LogP contribution in [0, 0.1) is 13.8 Å². The molecule has 10 heteroatoms. The van der Waals surface area contributed by atoms with Crippen molar-refractivity contribution in [2.45, 2.75) is 24.5 Å². The Labute approximate surface area is 170 Å². The Bertz CT molecular complexity index is 933. The SMILES string of the molecule is Cc1noc(C)c1CSCC(=O)Nc1cc(S(=O)(=O)N(C)C)ccc1N(C)C. The van der Waals surface area contributed by atoms with Gasteiger partial charge in [0.15, 0.2) is 0 Å². The molecule has 1 aromatic carbocycles. The van der Waals surface area contributed by atoms with Gasteiger partial charge in [-0.2, -0.15) is 0 Å². The van der Waals surface area contributed by atoms with Gasteiger partial charge >= 0.3 is 0 Å². The van der Waals surface area contributed by atoms with Crippen molar-refractivity contribution in [3.63, 3.8) is 0 Å². The number of sulfonamides is 1. The number of benzene rings is 1. The van der Waals surface area contributed by atoms with Crippen LogP contribution in [0.25, 0.3) is 0 Å². The third kappa shape index (κ3) is 5.06. The Morgan fingerprint density at radius 2 is 1.89 bits per heavy atom. The number of aryl methyl sites for hydroxylation is 2. The molecule has 0 spiro atoms. The normalized spacial score (nSPS) is 11.7. The molecule has 0 atom stereocenters. The van der Waals surface area contributed by atoms with Gasteiger partial charge < -0.3 is 14.7 Å². The quantitative estimate of drug-likeness (QED) is 0.693. The topological polar surface area (TPSA) is 95.8 Å². The molecule has 0 fully saturated rings. The molecule has 0 saturated heterocycles. The summed E-state index contributed by atoms with van der Waals surface area (Å²) in [4.78, 5) is 14.4. The van der Waals surface area contributed by atoms with E-state index >= 15 is 0 Å². The lowest BCUT2D eigenvalue weighted by atomic mass is 10.2. The van der Waals surface area contributed by atoms with Crippen LogP contribution in [0.3, 0.4) is 0 Å². The molecule has 0 bridgehead atoms. The Morgan fingerprint density at radius 3 is 2.43 bits per heavy atom. The number of hydrogen-bond donors (Lipinski definition) is 1. The molecule has 0 radical (unpaired) electrons. The predicted octanol–water partition coefficient (Wildman–Crippen LogP) is 2.48. The van der Waals surface area contributed by atoms with Crippen LogP contribution in [0.1, 0.15) is 17.0 Å². The molecule has 154 valence electrons. The van der Waals surface area contributed by atoms with E-state index in [1.165, 1.54) is 38.0 Å². The first kappa shape index (κ1) is 22.3. The Hall–Kier alpha value is -2.04. The van der Waals surface area contributed by atoms with Crippen LogP contribution in [-0.2, 0) is 20.6 Å². The molecular weight excluding hydrogens is 400 g/mol. The van der Waals surface area contributed by atoms with Gasteiger partial charge in [0.25, 0.3) is 0 Å². The van der Waals surface area contributed by atoms with Crippen molar-refractivity contribution >= 4 is 39.1 Å². The second-order valence-electron chi connectivity index (χ2n) is 6.70. The molecule has 1 N–H and O–H groups in total. The van der Waals surface area contributed by atoms with Gasteiger partial charge in [-0.3, -0.25) is 4.79 Å². The zero-order chi connectivity index (χ0) is 21.1. The fraction of sp³-hybridized carbons (Fsp3) is 0.444. The van der Waals surface area contributed by atoms with Crippen LogP contribution >= 0.6 is 11.8 Å². The molecule has 1 aromatic heterocycles. The highest BCUT2D eigenvalue weighted by Crippen LogP contribution is 2.29. The monoisotopic (exact) mass is 426 g/mol. The third-order valence-corrected chi connectivity index (χ3v) is 6.93. The molecule has 1 heterocycles. The minimum absolute atomic E-state index is 0.127. The Morgan fingerprint density at radius 1 is 1.21 bits per heavy atom. The maximum absolute atomic E-state index is 12.4. The Kier molecular flexibility index (Phi) is 7.13. The van der Waals surface area contributed by atoms with Gasteiger partial charge in [-0.25, -0.2) is 12.7 Å². The molecule has 2 aromatic rings. The van der Waals surface area contributed by atoms with Gasteiger partial charge in [0.05, 0.1) is 27.7 Å². The first-order valence-electron chi connectivity index (χ1n) is 8.57. The summed E-state index contributed by atoms with van der Waals surface area (Å²) >= 11 is 1.44. The summed E-state index contributed by atoms with van der Waals surface area (Å²) in [5.74, 6) is 1.38. The van der Waals surface area contributed by atoms with E-state index < -0.39 is 10.0 Å². The highest BCUT2D eigenvalue weighted by molar-refractivity contribution is 7.99. The fourth-order valence-electron chi connectivity index (χ4n) is 2.52. The molecule has 28 heavy (non-hydrogen) atoms. The van der Waals surface area contributed by atoms with E-state index in [9.17, 15) is 13.2 Å². The van der Waals surface area contributed by atoms with Gasteiger partial charge in [-0.1, -0.05) is 5.16 Å². The number of thioether (sulfide) groups is 1. The van der Waals surface area contributed by atoms with Crippen LogP contribution in [0.2, 0.25) is 0 Å². The molecule has 0 unspecified atom stereocenters. The molecule has 0 aliphatic carbocycles. The molecule has 0 aliphatic rings. The van der Waals surface area contributed by atoms with Gasteiger partial charge in [-0.05, 0) is 32.0 Å². The summed E-state index contributed by atoms with van der Waals surface area (Å²) in [5, 5.41) is 6.73. The number of aromatic nitrogens is 1. The molecule has 0 aliphatic heterocycles. The minimum atomic E-state index is -3.59. The average Bonchev–Trinajstić information content (AvgIpc) is 2.93. The van der Waals surface area contributed by atoms with E-state index in [0.717, 1.165) is 27.0 Å². The Balaban J connectivity index is 2.13. The molecule has 8 nitrogen and oxygen atoms in total. The van der Waals surface area contributed by atoms with Crippen molar-refractivity contribution in [2.75, 3.05) is 44.2 Å². The zero-order valence-electron chi connectivity index (χ0n) is 16.9. The second kappa shape index (κ2) is 8.97. The van der Waals surface area contributed by atoms with E-state index in [-0.39, 0.29) is 16.6 Å². The molecular formula is C18H26N4O4S2. The fourth-order valence-corrected chi connectivity index (χ4v) is 4.42. The highest BCUT2D eigenvalue weighted by Gasteiger charge is 2.20. The number of amides is 1. The summed E-state index contributed by atoms with van der Waals surface area (Å²) in [7, 11) is 3.01. The lowest BCUT2D eigenvalue weighted by Gasteiger charge is -2.20. The van der Waals surface area contributed by atoms with E-state index in [2.05, 4.69) is 10.5 Å². The van der Waals surface area contributed by atoms with E-state index in [4.69, 9.17) is 4.52 Å². The highest BCUT2D eigenvalue weighted by atomic mass is 32.2. The maximum atomic E-state index is 12.4. The number of nitrogens with one attached hydrogen (secondary N) is 1. The largest absolute Gasteiger partial charge is 0.376 e. The van der Waals surface area contributed by atoms with Crippen molar-refractivity contribution in [1.82, 2.24) is 9.46 Å². The van der Waals surface area contributed by atoms with E-state index in [1.54, 1.807) is 6.07 Å². The first-order valence-corrected chi connectivity index (χ1v) is 11.2. The van der Waals surface area contributed by atoms with Crippen molar-refractivity contribution in [2.24, 2.45) is 0 Å². The van der Waals surface area contributed by atoms with Crippen molar-refractivity contribution in [1.29, 1.82) is 0 Å². The smallest absolute Gasteiger partial charge is 0.242 e. The van der Waals surface area contributed by atoms with Crippen LogP contribution in [0.15, 0.2) is 27.6 Å². The lowest BCUT2D eigenvalue weighted by Crippen LogP contribution is -2.23. The summed E-state index contributed by atoms with van der Waals surface area (Å²) in [6.07, 6.45) is 0. The first-order chi connectivity index (χ1) is 13.0. The second-order valence-corrected chi connectivity index (χ2v) is 9.84. The van der Waals surface area contributed by atoms with Crippen LogP contribution in [-0.4, -0.2) is 57.7 Å². The number of carbonyl (C=O) groups excluding carboxylic acids is 1. The number of anilines is 2. The van der Waals surface area contributed by atoms with Crippen molar-refractivity contribution < 1.29 is 17.7 Å². The van der Waals surface area contributed by atoms with Gasteiger partial charge in [0.2, 0.25) is 15.9 Å². The average molecular weight is 427 g/mol. The zero-order valence-corrected chi connectivity index (χ0v) is 18.6. The summed E-state index contributed by atoms with van der Waals surface area (Å²) in [6, 6.07) is 4.71. The lowest BCUT2D eigenvalue weighted by molar-refractivity contribution is -0.113. The molecule has 0 saturated carbocycles. The summed E-state index contributed by atoms with van der Waals surface area (Å²) in [6.45, 7) is 3.71. The standard InChI is InChI=1S/C18H26N4O4S2/c1-12-15(13(2)26-20-12)10-27-11-18(23)19-16-9-14(28(24,25)22(5)6)7-8-17(16)21(3)4/h7-9H,10-11H2,1-6H3,(H,19,23). The number of rotatable bonds is 8. The number of carbonyl (C=O) groups is 1. The van der Waals surface area contributed by atoms with Crippen LogP contribution in [0.4, 0.5) is 11.4 Å². The number of nitrogens with zero attached hydrogens (tertiary/aromatic N) is 3. The van der Waals surface area contributed by atoms with Gasteiger partial charge in [0.1, 0.15) is 5.76 Å². The minimum Gasteiger partial charge on any atom is -0.376 e. The van der Waals surface area contributed by atoms with E-state index in [0.29, 0.717) is 11.4 Å². The van der Waals surface area contributed by atoms with E-state index in [1.807, 2.05) is 32.8 Å². The maximum Gasteiger partial charge on any atom is 0.242 e. The summed E-state index contributed by atoms with van der Waals surface area (Å²) < 4.78 is 31.1. The van der Waals surface area contributed by atoms with Crippen LogP contribution < -0.4 is 10.2 Å². The predicted molar refractivity (Wildman–Crippen MR) is 112 cm³/mol. The van der Waals surface area contributed by atoms with Gasteiger partial charge in [-0.15, -0.1) is 11.8 Å². The van der Waals surface area contributed by atoms with Crippen LogP contribution in [0.5, 0.6) is 0 Å². The third-order valence-electron chi connectivity index (χ3n) is 4.16. The molecule has 1 amide bonds. The molecule has 2 rings (SSSR count). The van der Waals surface area contributed by atoms with Gasteiger partial charge in [0, 0.05) is 39.5 Å². The van der Waals surface area contributed by atoms with Crippen molar-refractivity contribution in [3.8, 4) is 0 Å². The van der Waals surface area contributed by atoms with Crippen molar-refractivity contribution in [3.05, 3.63) is 35.2 Å².